The van der Waals surface area contributed by atoms with Gasteiger partial charge < -0.3 is 157 Å². The highest BCUT2D eigenvalue weighted by Gasteiger charge is 2.27. The first kappa shape index (κ1) is 117. The van der Waals surface area contributed by atoms with Crippen molar-refractivity contribution in [3.63, 3.8) is 0 Å². The molecule has 0 saturated carbocycles. The number of amides is 8. The maximum atomic E-state index is 13.6. The maximum Gasteiger partial charge on any atom is 0.243 e. The van der Waals surface area contributed by atoms with Crippen LogP contribution in [0.1, 0.15) is 66.7 Å². The zero-order chi connectivity index (χ0) is 88.5. The van der Waals surface area contributed by atoms with Crippen molar-refractivity contribution in [3.05, 3.63) is 0 Å². The highest BCUT2D eigenvalue weighted by Crippen LogP contribution is 2.35. The standard InChI is InChI=1S/C77H148N8O32S4/c1-65(86)82-68(62-118)74(91)80-12-16-96-20-24-100-28-32-104-36-40-108-44-48-112-52-56-116-60-58-114-54-50-110-46-42-106-38-34-102-30-26-98-22-18-94-14-9-71(88)79-11-7-6-8-67(76(93)85-70(73(78)90)64-120-121-77(3,4)5)84-72(89)10-15-95-19-23-99-27-31-103-35-39-107-43-47-111-51-55-115-59-61-117-57-53-113-49-45-109-41-37-105-33-29-101-25-21-97-17-13-81-75(92)69(63-119)83-66(2)87/h67-70,118-119H,6-64H2,1-5H3,(H2,78,90)(H,79,88)(H,80,91)(H,81,92)(H,82,86)(H,83,87)(H,84,89)(H,85,93). The monoisotopic (exact) mass is 1820 g/mol. The predicted molar refractivity (Wildman–Crippen MR) is 458 cm³/mol. The molecule has 0 aliphatic heterocycles. The number of nitrogens with one attached hydrogen (secondary N) is 7. The fourth-order valence-electron chi connectivity index (χ4n) is 9.06. The Labute approximate surface area is 735 Å². The lowest BCUT2D eigenvalue weighted by atomic mass is 10.1. The normalized spacial score (nSPS) is 12.6. The molecule has 0 aliphatic carbocycles. The van der Waals surface area contributed by atoms with Crippen LogP contribution < -0.4 is 43.0 Å². The summed E-state index contributed by atoms with van der Waals surface area (Å²) in [7, 11) is 2.98. The van der Waals surface area contributed by atoms with Crippen molar-refractivity contribution >= 4 is 94.1 Å². The van der Waals surface area contributed by atoms with Crippen LogP contribution in [0.5, 0.6) is 0 Å². The number of nitrogens with two attached hydrogens (primary N) is 1. The van der Waals surface area contributed by atoms with E-state index in [1.165, 1.54) is 24.6 Å². The number of primary amides is 1. The van der Waals surface area contributed by atoms with Crippen LogP contribution in [0.3, 0.4) is 0 Å². The van der Waals surface area contributed by atoms with Crippen LogP contribution >= 0.6 is 46.8 Å². The highest BCUT2D eigenvalue weighted by molar-refractivity contribution is 8.77. The van der Waals surface area contributed by atoms with Crippen molar-refractivity contribution in [1.29, 1.82) is 0 Å². The second-order valence-electron chi connectivity index (χ2n) is 26.6. The van der Waals surface area contributed by atoms with Crippen LogP contribution in [0.2, 0.25) is 0 Å². The van der Waals surface area contributed by atoms with Gasteiger partial charge in [-0.15, -0.1) is 0 Å². The van der Waals surface area contributed by atoms with Gasteiger partial charge in [0, 0.05) is 68.3 Å². The highest BCUT2D eigenvalue weighted by atomic mass is 33.1. The van der Waals surface area contributed by atoms with E-state index >= 15 is 0 Å². The molecule has 0 aromatic rings. The van der Waals surface area contributed by atoms with E-state index in [4.69, 9.17) is 119 Å². The second-order valence-corrected chi connectivity index (χ2v) is 30.5. The summed E-state index contributed by atoms with van der Waals surface area (Å²) < 4.78 is 132. The molecule has 44 heteroatoms. The van der Waals surface area contributed by atoms with E-state index in [1.54, 1.807) is 10.8 Å². The van der Waals surface area contributed by atoms with Crippen LogP contribution in [0.4, 0.5) is 0 Å². The minimum absolute atomic E-state index is 0.0196. The van der Waals surface area contributed by atoms with Gasteiger partial charge in [0.15, 0.2) is 0 Å². The van der Waals surface area contributed by atoms with Gasteiger partial charge in [0.25, 0.3) is 0 Å². The molecule has 9 N–H and O–H groups in total. The molecule has 121 heavy (non-hydrogen) atoms. The lowest BCUT2D eigenvalue weighted by Crippen LogP contribution is -2.53. The molecular formula is C77H148N8O32S4. The third kappa shape index (κ3) is 88.0. The van der Waals surface area contributed by atoms with Crippen molar-refractivity contribution in [2.24, 2.45) is 5.73 Å². The summed E-state index contributed by atoms with van der Waals surface area (Å²) in [5.74, 6) is -2.39. The fourth-order valence-corrected chi connectivity index (χ4v) is 12.1. The summed E-state index contributed by atoms with van der Waals surface area (Å²) >= 11 is 8.15. The molecule has 40 nitrogen and oxygen atoms in total. The first-order chi connectivity index (χ1) is 58.9. The first-order valence-electron chi connectivity index (χ1n) is 41.5. The topological polar surface area (TPSA) is 468 Å². The number of carbonyl (C=O) groups is 8. The quantitative estimate of drug-likeness (QED) is 0.0202. The van der Waals surface area contributed by atoms with E-state index in [1.807, 2.05) is 20.8 Å². The molecule has 0 rings (SSSR count). The minimum Gasteiger partial charge on any atom is -0.379 e. The molecule has 0 radical (unpaired) electrons. The van der Waals surface area contributed by atoms with Gasteiger partial charge in [-0.1, -0.05) is 42.4 Å². The Bertz CT molecular complexity index is 2430. The van der Waals surface area contributed by atoms with Crippen LogP contribution in [-0.4, -0.2) is 430 Å². The van der Waals surface area contributed by atoms with Gasteiger partial charge in [-0.25, -0.2) is 0 Å². The van der Waals surface area contributed by atoms with Crippen LogP contribution in [-0.2, 0) is 152 Å². The number of ether oxygens (including phenoxy) is 24. The van der Waals surface area contributed by atoms with E-state index < -0.39 is 41.9 Å². The molecular weight excluding hydrogens is 1680 g/mol. The van der Waals surface area contributed by atoms with Crippen molar-refractivity contribution < 1.29 is 152 Å². The van der Waals surface area contributed by atoms with Gasteiger partial charge >= 0.3 is 0 Å². The average molecular weight is 1830 g/mol. The van der Waals surface area contributed by atoms with E-state index in [9.17, 15) is 38.4 Å². The Balaban J connectivity index is 3.84. The SMILES string of the molecule is CC(=O)NC(CS)C(=O)NCCOCCOCCOCCOCCOCCOCCOCCOCCOCCOCCOCCOCCC(=O)NCCCCC(NC(=O)CCOCCOCCOCCOCCOCCOCCOCCOCCOCCOCCOCCOCCNC(=O)C(CS)NC(C)=O)C(=O)NC(CSSC(C)(C)C)C(N)=O. The van der Waals surface area contributed by atoms with Crippen molar-refractivity contribution in [1.82, 2.24) is 37.2 Å². The zero-order valence-electron chi connectivity index (χ0n) is 72.4. The van der Waals surface area contributed by atoms with Crippen molar-refractivity contribution in [3.8, 4) is 0 Å². The molecule has 0 saturated heterocycles. The summed E-state index contributed by atoms with van der Waals surface area (Å²) in [6.45, 7) is 28.6. The number of rotatable bonds is 96. The molecule has 0 bridgehead atoms. The van der Waals surface area contributed by atoms with Gasteiger partial charge in [0.1, 0.15) is 24.2 Å². The molecule has 0 spiro atoms. The summed E-state index contributed by atoms with van der Waals surface area (Å²) in [6.07, 6.45) is 1.38. The number of unbranched alkanes of at least 4 members (excludes halogenated alkanes) is 1. The molecule has 8 amide bonds. The Morgan fingerprint density at radius 3 is 0.752 bits per heavy atom. The number of hydrogen-bond acceptors (Lipinski definition) is 36. The van der Waals surface area contributed by atoms with E-state index in [0.29, 0.717) is 323 Å². The molecule has 0 heterocycles. The van der Waals surface area contributed by atoms with Crippen molar-refractivity contribution in [2.75, 3.05) is 354 Å². The maximum absolute atomic E-state index is 13.6. The van der Waals surface area contributed by atoms with Gasteiger partial charge in [0.05, 0.1) is 317 Å². The van der Waals surface area contributed by atoms with E-state index in [0.717, 1.165) is 0 Å². The molecule has 4 atom stereocenters. The largest absolute Gasteiger partial charge is 0.379 e. The lowest BCUT2D eigenvalue weighted by molar-refractivity contribution is -0.131. The van der Waals surface area contributed by atoms with Gasteiger partial charge in [0.2, 0.25) is 47.3 Å². The van der Waals surface area contributed by atoms with Gasteiger partial charge in [-0.2, -0.15) is 25.3 Å². The number of hydrogen-bond donors (Lipinski definition) is 10. The molecule has 0 aromatic carbocycles. The zero-order valence-corrected chi connectivity index (χ0v) is 75.8. The van der Waals surface area contributed by atoms with Gasteiger partial charge in [-0.05, 0) is 19.3 Å². The number of carbonyl (C=O) groups excluding carboxylic acids is 8. The van der Waals surface area contributed by atoms with Crippen molar-refractivity contribution in [2.45, 2.75) is 95.6 Å². The Morgan fingerprint density at radius 1 is 0.281 bits per heavy atom. The average Bonchev–Trinajstić information content (AvgIpc) is 0.934. The summed E-state index contributed by atoms with van der Waals surface area (Å²) in [4.78, 5) is 97.8. The Morgan fingerprint density at radius 2 is 0.521 bits per heavy atom. The molecule has 0 aliphatic rings. The van der Waals surface area contributed by atoms with Gasteiger partial charge in [-0.3, -0.25) is 38.4 Å². The van der Waals surface area contributed by atoms with Crippen LogP contribution in [0.25, 0.3) is 0 Å². The summed E-state index contributed by atoms with van der Waals surface area (Å²) in [5, 5.41) is 18.8. The smallest absolute Gasteiger partial charge is 0.243 e. The van der Waals surface area contributed by atoms with E-state index in [-0.39, 0.29) is 97.2 Å². The first-order valence-corrected chi connectivity index (χ1v) is 45.1. The van der Waals surface area contributed by atoms with E-state index in [2.05, 4.69) is 62.5 Å². The lowest BCUT2D eigenvalue weighted by Gasteiger charge is -2.23. The van der Waals surface area contributed by atoms with Crippen LogP contribution in [0, 0.1) is 0 Å². The summed E-state index contributed by atoms with van der Waals surface area (Å²) in [6, 6.07) is -3.28. The molecule has 0 aromatic heterocycles. The molecule has 0 fully saturated rings. The number of thiol groups is 2. The summed E-state index contributed by atoms with van der Waals surface area (Å²) in [5.41, 5.74) is 5.67. The fraction of sp³-hybridized carbons (Fsp3) is 0.896. The molecule has 712 valence electrons. The van der Waals surface area contributed by atoms with Crippen LogP contribution in [0.15, 0.2) is 0 Å². The second kappa shape index (κ2) is 91.0. The third-order valence-electron chi connectivity index (χ3n) is 15.1. The molecule has 4 unspecified atom stereocenters. The predicted octanol–water partition coefficient (Wildman–Crippen LogP) is -0.812. The third-order valence-corrected chi connectivity index (χ3v) is 19.2. The minimum atomic E-state index is -0.963. The Hall–Kier alpha value is -3.80. The Kier molecular flexibility index (Phi) is 88.1.